The van der Waals surface area contributed by atoms with Crippen molar-refractivity contribution in [3.05, 3.63) is 65.7 Å². The summed E-state index contributed by atoms with van der Waals surface area (Å²) in [6, 6.07) is 10.5. The van der Waals surface area contributed by atoms with Gasteiger partial charge in [-0.1, -0.05) is 18.2 Å². The van der Waals surface area contributed by atoms with E-state index in [9.17, 15) is 31.5 Å². The summed E-state index contributed by atoms with van der Waals surface area (Å²) in [7, 11) is -3.57. The van der Waals surface area contributed by atoms with Gasteiger partial charge in [0, 0.05) is 24.0 Å². The van der Waals surface area contributed by atoms with Crippen molar-refractivity contribution in [1.29, 1.82) is 0 Å². The molecule has 1 unspecified atom stereocenters. The van der Waals surface area contributed by atoms with Gasteiger partial charge in [-0.25, -0.2) is 18.4 Å². The van der Waals surface area contributed by atoms with E-state index in [4.69, 9.17) is 4.74 Å². The Morgan fingerprint density at radius 2 is 1.82 bits per heavy atom. The second kappa shape index (κ2) is 10.8. The molecule has 3 N–H and O–H groups in total. The van der Waals surface area contributed by atoms with Crippen LogP contribution in [0.3, 0.4) is 0 Å². The first-order valence-corrected chi connectivity index (χ1v) is 13.7. The summed E-state index contributed by atoms with van der Waals surface area (Å²) < 4.78 is 73.1. The molecule has 14 heteroatoms. The summed E-state index contributed by atoms with van der Waals surface area (Å²) in [6.45, 7) is 1.01. The number of aromatic nitrogens is 3. The Balaban J connectivity index is 1.74. The fourth-order valence-electron chi connectivity index (χ4n) is 3.79. The molecular formula is C25H26F3N5O5S. The molecule has 208 valence electrons. The first-order valence-electron chi connectivity index (χ1n) is 11.8. The molecule has 1 amide bonds. The van der Waals surface area contributed by atoms with Crippen LogP contribution in [0.15, 0.2) is 48.7 Å². The van der Waals surface area contributed by atoms with Crippen molar-refractivity contribution >= 4 is 21.6 Å². The number of halogens is 3. The van der Waals surface area contributed by atoms with E-state index >= 15 is 0 Å². The van der Waals surface area contributed by atoms with Crippen LogP contribution in [0.2, 0.25) is 0 Å². The first kappa shape index (κ1) is 28.2. The molecule has 0 bridgehead atoms. The molecule has 0 aliphatic heterocycles. The average molecular weight is 566 g/mol. The summed E-state index contributed by atoms with van der Waals surface area (Å²) >= 11 is 0. The average Bonchev–Trinajstić information content (AvgIpc) is 3.72. The topological polar surface area (TPSA) is 143 Å². The van der Waals surface area contributed by atoms with Gasteiger partial charge in [-0.15, -0.1) is 0 Å². The molecule has 2 heterocycles. The van der Waals surface area contributed by atoms with Gasteiger partial charge in [0.15, 0.2) is 11.4 Å². The van der Waals surface area contributed by atoms with E-state index in [1.165, 1.54) is 37.4 Å². The van der Waals surface area contributed by atoms with Crippen molar-refractivity contribution in [2.24, 2.45) is 5.92 Å². The highest BCUT2D eigenvalue weighted by molar-refractivity contribution is 7.92. The maximum absolute atomic E-state index is 14.0. The predicted octanol–water partition coefficient (Wildman–Crippen LogP) is 3.40. The van der Waals surface area contributed by atoms with Gasteiger partial charge in [0.1, 0.15) is 12.3 Å². The third-order valence-electron chi connectivity index (χ3n) is 5.96. The molecule has 2 aromatic heterocycles. The molecular weight excluding hydrogens is 539 g/mol. The van der Waals surface area contributed by atoms with Crippen LogP contribution in [0.4, 0.5) is 18.9 Å². The number of alkyl halides is 3. The minimum absolute atomic E-state index is 0.0528. The highest BCUT2D eigenvalue weighted by atomic mass is 32.2. The summed E-state index contributed by atoms with van der Waals surface area (Å²) in [6.07, 6.45) is -1.08. The van der Waals surface area contributed by atoms with Crippen molar-refractivity contribution in [3.8, 4) is 17.1 Å². The van der Waals surface area contributed by atoms with Crippen LogP contribution in [-0.4, -0.2) is 52.8 Å². The van der Waals surface area contributed by atoms with Crippen molar-refractivity contribution in [2.75, 3.05) is 17.5 Å². The predicted molar refractivity (Wildman–Crippen MR) is 135 cm³/mol. The SMILES string of the molecule is CC(O)(CNC(=O)c1nc(-c2ccc(NS(C)(=O)=O)cc2)c(OCc2ccccn2)nc1C(F)(F)F)C1CC1. The van der Waals surface area contributed by atoms with Crippen molar-refractivity contribution in [1.82, 2.24) is 20.3 Å². The van der Waals surface area contributed by atoms with Crippen molar-refractivity contribution in [3.63, 3.8) is 0 Å². The van der Waals surface area contributed by atoms with Crippen LogP contribution in [0.1, 0.15) is 41.6 Å². The molecule has 0 spiro atoms. The van der Waals surface area contributed by atoms with Crippen LogP contribution < -0.4 is 14.8 Å². The summed E-state index contributed by atoms with van der Waals surface area (Å²) in [5.41, 5.74) is -3.17. The number of carbonyl (C=O) groups excluding carboxylic acids is 1. The van der Waals surface area contributed by atoms with Gasteiger partial charge < -0.3 is 15.2 Å². The first-order chi connectivity index (χ1) is 18.2. The van der Waals surface area contributed by atoms with Crippen LogP contribution in [0.5, 0.6) is 5.88 Å². The number of rotatable bonds is 10. The van der Waals surface area contributed by atoms with E-state index < -0.39 is 45.0 Å². The van der Waals surface area contributed by atoms with Crippen LogP contribution in [-0.2, 0) is 22.8 Å². The molecule has 1 atom stereocenters. The number of nitrogens with zero attached hydrogens (tertiary/aromatic N) is 3. The van der Waals surface area contributed by atoms with E-state index in [0.29, 0.717) is 5.69 Å². The number of anilines is 1. The molecule has 1 saturated carbocycles. The van der Waals surface area contributed by atoms with Crippen molar-refractivity contribution in [2.45, 2.75) is 38.1 Å². The summed E-state index contributed by atoms with van der Waals surface area (Å²) in [5.74, 6) is -1.72. The van der Waals surface area contributed by atoms with Gasteiger partial charge in [-0.3, -0.25) is 14.5 Å². The van der Waals surface area contributed by atoms with E-state index in [1.54, 1.807) is 18.2 Å². The Labute approximate surface area is 222 Å². The largest absolute Gasteiger partial charge is 0.470 e. The van der Waals surface area contributed by atoms with Gasteiger partial charge in [0.25, 0.3) is 5.91 Å². The van der Waals surface area contributed by atoms with Crippen LogP contribution in [0.25, 0.3) is 11.3 Å². The van der Waals surface area contributed by atoms with Crippen molar-refractivity contribution < 1.29 is 36.2 Å². The minimum Gasteiger partial charge on any atom is -0.470 e. The van der Waals surface area contributed by atoms with Gasteiger partial charge in [0.2, 0.25) is 15.9 Å². The molecule has 39 heavy (non-hydrogen) atoms. The van der Waals surface area contributed by atoms with Gasteiger partial charge in [-0.2, -0.15) is 13.2 Å². The molecule has 3 aromatic rings. The monoisotopic (exact) mass is 565 g/mol. The number of nitrogens with one attached hydrogen (secondary N) is 2. The standard InChI is InChI=1S/C25H26F3N5O5S/c1-24(35,16-8-9-16)14-30-22(34)20-21(25(26,27)28)32-23(38-13-18-5-3-4-12-29-18)19(31-20)15-6-10-17(11-7-15)33-39(2,36)37/h3-7,10-12,16,33,35H,8-9,13-14H2,1-2H3,(H,30,34). The second-order valence-corrected chi connectivity index (χ2v) is 11.2. The van der Waals surface area contributed by atoms with E-state index in [2.05, 4.69) is 25.0 Å². The lowest BCUT2D eigenvalue weighted by Crippen LogP contribution is -2.43. The Bertz CT molecular complexity index is 1450. The summed E-state index contributed by atoms with van der Waals surface area (Å²) in [4.78, 5) is 24.7. The zero-order valence-electron chi connectivity index (χ0n) is 21.0. The lowest BCUT2D eigenvalue weighted by molar-refractivity contribution is -0.142. The molecule has 0 saturated heterocycles. The molecule has 4 rings (SSSR count). The highest BCUT2D eigenvalue weighted by Gasteiger charge is 2.42. The number of hydrogen-bond donors (Lipinski definition) is 3. The number of pyridine rings is 1. The lowest BCUT2D eigenvalue weighted by Gasteiger charge is -2.23. The van der Waals surface area contributed by atoms with Crippen LogP contribution in [0, 0.1) is 5.92 Å². The molecule has 1 aliphatic rings. The Morgan fingerprint density at radius 1 is 1.13 bits per heavy atom. The maximum Gasteiger partial charge on any atom is 0.435 e. The fourth-order valence-corrected chi connectivity index (χ4v) is 4.36. The zero-order chi connectivity index (χ0) is 28.4. The van der Waals surface area contributed by atoms with Gasteiger partial charge in [0.05, 0.1) is 17.6 Å². The quantitative estimate of drug-likeness (QED) is 0.340. The number of carbonyl (C=O) groups is 1. The van der Waals surface area contributed by atoms with E-state index in [1.807, 2.05) is 0 Å². The van der Waals surface area contributed by atoms with E-state index in [0.717, 1.165) is 19.1 Å². The molecule has 1 aromatic carbocycles. The third kappa shape index (κ3) is 7.41. The molecule has 10 nitrogen and oxygen atoms in total. The highest BCUT2D eigenvalue weighted by Crippen LogP contribution is 2.39. The van der Waals surface area contributed by atoms with Gasteiger partial charge >= 0.3 is 6.18 Å². The molecule has 1 aliphatic carbocycles. The Kier molecular flexibility index (Phi) is 7.80. The smallest absolute Gasteiger partial charge is 0.435 e. The number of amides is 1. The number of aliphatic hydroxyl groups is 1. The maximum atomic E-state index is 14.0. The Morgan fingerprint density at radius 3 is 2.38 bits per heavy atom. The number of sulfonamides is 1. The summed E-state index contributed by atoms with van der Waals surface area (Å²) in [5, 5.41) is 12.8. The second-order valence-electron chi connectivity index (χ2n) is 9.45. The number of ether oxygens (including phenoxy) is 1. The lowest BCUT2D eigenvalue weighted by atomic mass is 10.0. The third-order valence-corrected chi connectivity index (χ3v) is 6.56. The molecule has 1 fully saturated rings. The minimum atomic E-state index is -5.05. The molecule has 0 radical (unpaired) electrons. The van der Waals surface area contributed by atoms with Crippen LogP contribution >= 0.6 is 0 Å². The van der Waals surface area contributed by atoms with Gasteiger partial charge in [-0.05, 0) is 49.9 Å². The van der Waals surface area contributed by atoms with E-state index in [-0.39, 0.29) is 36.0 Å². The number of benzene rings is 1. The zero-order valence-corrected chi connectivity index (χ0v) is 21.8. The fraction of sp³-hybridized carbons (Fsp3) is 0.360. The Hall–Kier alpha value is -3.78. The number of hydrogen-bond acceptors (Lipinski definition) is 8. The normalized spacial score (nSPS) is 15.3.